The largest absolute Gasteiger partial charge is 0.480 e. The number of benzene rings is 2. The minimum atomic E-state index is -1.08. The number of carbonyl (C=O) groups excluding carboxylic acids is 1. The molecule has 3 aromatic rings. The molecule has 0 spiro atoms. The van der Waals surface area contributed by atoms with Crippen LogP contribution in [0.3, 0.4) is 0 Å². The summed E-state index contributed by atoms with van der Waals surface area (Å²) < 4.78 is 0. The summed E-state index contributed by atoms with van der Waals surface area (Å²) in [7, 11) is 0. The van der Waals surface area contributed by atoms with Crippen LogP contribution in [-0.4, -0.2) is 33.3 Å². The topological polar surface area (TPSA) is 124 Å². The highest BCUT2D eigenvalue weighted by Crippen LogP contribution is 2.28. The van der Waals surface area contributed by atoms with Crippen molar-refractivity contribution in [1.82, 2.24) is 15.5 Å². The number of aromatic amines is 1. The van der Waals surface area contributed by atoms with Crippen LogP contribution in [0.4, 0.5) is 10.5 Å². The van der Waals surface area contributed by atoms with E-state index in [9.17, 15) is 19.5 Å². The monoisotopic (exact) mass is 408 g/mol. The van der Waals surface area contributed by atoms with Crippen molar-refractivity contribution in [1.29, 1.82) is 0 Å². The SMILES string of the molecule is CCC(C)C(NC(=O)Nc1cc(-c2n[nH]c(=O)c3ccccc23)ccc1C)C(=O)O. The van der Waals surface area contributed by atoms with E-state index in [2.05, 4.69) is 20.8 Å². The molecule has 0 radical (unpaired) electrons. The number of anilines is 1. The highest BCUT2D eigenvalue weighted by Gasteiger charge is 2.25. The summed E-state index contributed by atoms with van der Waals surface area (Å²) in [6.07, 6.45) is 0.622. The van der Waals surface area contributed by atoms with Crippen LogP contribution in [0.2, 0.25) is 0 Å². The molecule has 2 unspecified atom stereocenters. The lowest BCUT2D eigenvalue weighted by Gasteiger charge is -2.21. The highest BCUT2D eigenvalue weighted by atomic mass is 16.4. The number of rotatable bonds is 6. The number of H-pyrrole nitrogens is 1. The lowest BCUT2D eigenvalue weighted by atomic mass is 9.99. The number of aromatic nitrogens is 2. The Bertz CT molecular complexity index is 1160. The number of urea groups is 1. The van der Waals surface area contributed by atoms with Crippen molar-refractivity contribution in [3.05, 3.63) is 58.4 Å². The zero-order chi connectivity index (χ0) is 21.8. The molecular weight excluding hydrogens is 384 g/mol. The van der Waals surface area contributed by atoms with Crippen LogP contribution >= 0.6 is 0 Å². The molecule has 1 aromatic heterocycles. The van der Waals surface area contributed by atoms with Gasteiger partial charge in [0.1, 0.15) is 6.04 Å². The van der Waals surface area contributed by atoms with Gasteiger partial charge < -0.3 is 15.7 Å². The molecule has 8 heteroatoms. The average Bonchev–Trinajstić information content (AvgIpc) is 2.73. The molecule has 2 aromatic carbocycles. The van der Waals surface area contributed by atoms with Gasteiger partial charge in [-0.15, -0.1) is 0 Å². The van der Waals surface area contributed by atoms with Gasteiger partial charge in [-0.2, -0.15) is 5.10 Å². The average molecular weight is 408 g/mol. The Kier molecular flexibility index (Phi) is 6.15. The van der Waals surface area contributed by atoms with Crippen molar-refractivity contribution < 1.29 is 14.7 Å². The summed E-state index contributed by atoms with van der Waals surface area (Å²) >= 11 is 0. The summed E-state index contributed by atoms with van der Waals surface area (Å²) in [6, 6.07) is 11.0. The summed E-state index contributed by atoms with van der Waals surface area (Å²) in [5, 5.41) is 22.5. The van der Waals surface area contributed by atoms with Gasteiger partial charge in [0, 0.05) is 16.6 Å². The van der Waals surface area contributed by atoms with Crippen LogP contribution in [0, 0.1) is 12.8 Å². The fraction of sp³-hybridized carbons (Fsp3) is 0.273. The summed E-state index contributed by atoms with van der Waals surface area (Å²) in [4.78, 5) is 36.0. The summed E-state index contributed by atoms with van der Waals surface area (Å²) in [5.74, 6) is -1.29. The van der Waals surface area contributed by atoms with Crippen molar-refractivity contribution in [3.8, 4) is 11.3 Å². The number of nitrogens with zero attached hydrogens (tertiary/aromatic N) is 1. The Labute approximate surface area is 173 Å². The number of carbonyl (C=O) groups is 2. The minimum absolute atomic E-state index is 0.211. The second kappa shape index (κ2) is 8.77. The fourth-order valence-electron chi connectivity index (χ4n) is 3.22. The highest BCUT2D eigenvalue weighted by molar-refractivity contribution is 5.96. The molecule has 156 valence electrons. The molecule has 3 rings (SSSR count). The van der Waals surface area contributed by atoms with Gasteiger partial charge in [0.15, 0.2) is 0 Å². The van der Waals surface area contributed by atoms with Crippen LogP contribution in [0.25, 0.3) is 22.0 Å². The standard InChI is InChI=1S/C22H24N4O4/c1-4-12(2)18(21(28)29)24-22(30)23-17-11-14(10-9-13(17)3)19-15-7-5-6-8-16(15)20(27)26-25-19/h5-12,18H,4H2,1-3H3,(H,26,27)(H,28,29)(H2,23,24,30). The van der Waals surface area contributed by atoms with Gasteiger partial charge in [-0.1, -0.05) is 50.6 Å². The van der Waals surface area contributed by atoms with Crippen molar-refractivity contribution in [2.45, 2.75) is 33.2 Å². The first-order valence-electron chi connectivity index (χ1n) is 9.70. The first-order chi connectivity index (χ1) is 14.3. The molecule has 0 aliphatic carbocycles. The van der Waals surface area contributed by atoms with Gasteiger partial charge >= 0.3 is 12.0 Å². The molecule has 30 heavy (non-hydrogen) atoms. The Hall–Kier alpha value is -3.68. The minimum Gasteiger partial charge on any atom is -0.480 e. The maximum absolute atomic E-state index is 12.5. The third-order valence-electron chi connectivity index (χ3n) is 5.22. The number of aliphatic carboxylic acids is 1. The van der Waals surface area contributed by atoms with Gasteiger partial charge in [-0.25, -0.2) is 14.7 Å². The van der Waals surface area contributed by atoms with Crippen molar-refractivity contribution in [2.24, 2.45) is 5.92 Å². The van der Waals surface area contributed by atoms with Crippen LogP contribution < -0.4 is 16.2 Å². The fourth-order valence-corrected chi connectivity index (χ4v) is 3.22. The normalized spacial score (nSPS) is 12.9. The maximum atomic E-state index is 12.5. The van der Waals surface area contributed by atoms with E-state index in [1.807, 2.05) is 38.1 Å². The smallest absolute Gasteiger partial charge is 0.326 e. The maximum Gasteiger partial charge on any atom is 0.326 e. The van der Waals surface area contributed by atoms with E-state index in [1.165, 1.54) is 0 Å². The number of carboxylic acids is 1. The lowest BCUT2D eigenvalue weighted by molar-refractivity contribution is -0.140. The third-order valence-corrected chi connectivity index (χ3v) is 5.22. The van der Waals surface area contributed by atoms with Crippen molar-refractivity contribution in [2.75, 3.05) is 5.32 Å². The quantitative estimate of drug-likeness (QED) is 0.497. The van der Waals surface area contributed by atoms with Crippen LogP contribution in [0.15, 0.2) is 47.3 Å². The molecule has 0 aliphatic rings. The van der Waals surface area contributed by atoms with Crippen LogP contribution in [-0.2, 0) is 4.79 Å². The predicted molar refractivity (Wildman–Crippen MR) is 116 cm³/mol. The van der Waals surface area contributed by atoms with E-state index in [1.54, 1.807) is 25.1 Å². The number of hydrogen-bond donors (Lipinski definition) is 4. The molecule has 0 saturated heterocycles. The van der Waals surface area contributed by atoms with Crippen molar-refractivity contribution >= 4 is 28.5 Å². The molecule has 2 amide bonds. The van der Waals surface area contributed by atoms with E-state index in [0.717, 1.165) is 5.56 Å². The van der Waals surface area contributed by atoms with E-state index in [0.29, 0.717) is 34.1 Å². The first-order valence-corrected chi connectivity index (χ1v) is 9.70. The van der Waals surface area contributed by atoms with Crippen LogP contribution in [0.1, 0.15) is 25.8 Å². The number of nitrogens with one attached hydrogen (secondary N) is 3. The zero-order valence-corrected chi connectivity index (χ0v) is 17.0. The molecule has 1 heterocycles. The predicted octanol–water partition coefficient (Wildman–Crippen LogP) is 3.52. The van der Waals surface area contributed by atoms with Gasteiger partial charge in [-0.05, 0) is 30.5 Å². The molecule has 8 nitrogen and oxygen atoms in total. The van der Waals surface area contributed by atoms with E-state index < -0.39 is 18.0 Å². The van der Waals surface area contributed by atoms with Gasteiger partial charge in [0.25, 0.3) is 5.56 Å². The second-order valence-electron chi connectivity index (χ2n) is 7.28. The Morgan fingerprint density at radius 1 is 1.17 bits per heavy atom. The number of amides is 2. The molecule has 0 fully saturated rings. The van der Waals surface area contributed by atoms with Gasteiger partial charge in [-0.3, -0.25) is 4.79 Å². The molecule has 0 bridgehead atoms. The van der Waals surface area contributed by atoms with E-state index in [-0.39, 0.29) is 11.5 Å². The number of fused-ring (bicyclic) bond motifs is 1. The summed E-state index contributed by atoms with van der Waals surface area (Å²) in [5.41, 5.74) is 2.34. The zero-order valence-electron chi connectivity index (χ0n) is 17.0. The second-order valence-corrected chi connectivity index (χ2v) is 7.28. The lowest BCUT2D eigenvalue weighted by Crippen LogP contribution is -2.46. The molecule has 2 atom stereocenters. The van der Waals surface area contributed by atoms with Gasteiger partial charge in [0.2, 0.25) is 0 Å². The van der Waals surface area contributed by atoms with E-state index in [4.69, 9.17) is 0 Å². The third kappa shape index (κ3) is 4.32. The van der Waals surface area contributed by atoms with Gasteiger partial charge in [0.05, 0.1) is 11.1 Å². The Morgan fingerprint density at radius 3 is 2.53 bits per heavy atom. The number of aryl methyl sites for hydroxylation is 1. The Morgan fingerprint density at radius 2 is 1.87 bits per heavy atom. The Balaban J connectivity index is 1.92. The summed E-state index contributed by atoms with van der Waals surface area (Å²) in [6.45, 7) is 5.48. The molecule has 0 saturated carbocycles. The molecular formula is C22H24N4O4. The number of carboxylic acid groups (broad SMARTS) is 1. The van der Waals surface area contributed by atoms with Crippen molar-refractivity contribution in [3.63, 3.8) is 0 Å². The first kappa shape index (κ1) is 21.0. The van der Waals surface area contributed by atoms with E-state index >= 15 is 0 Å². The molecule has 4 N–H and O–H groups in total. The molecule has 0 aliphatic heterocycles. The van der Waals surface area contributed by atoms with Crippen LogP contribution in [0.5, 0.6) is 0 Å². The number of hydrogen-bond acceptors (Lipinski definition) is 4.